The minimum Gasteiger partial charge on any atom is -0.327 e. The molecule has 21 heavy (non-hydrogen) atoms. The van der Waals surface area contributed by atoms with E-state index in [1.807, 2.05) is 29.1 Å². The Hall–Kier alpha value is -1.65. The lowest BCUT2D eigenvalue weighted by molar-refractivity contribution is 0.296. The van der Waals surface area contributed by atoms with Crippen LogP contribution in [0.5, 0.6) is 0 Å². The second-order valence-corrected chi connectivity index (χ2v) is 6.06. The van der Waals surface area contributed by atoms with Gasteiger partial charge in [0.1, 0.15) is 0 Å². The Bertz CT molecular complexity index is 533. The summed E-state index contributed by atoms with van der Waals surface area (Å²) in [5.74, 6) is 0.541. The zero-order valence-electron chi connectivity index (χ0n) is 13.2. The first-order valence-corrected chi connectivity index (χ1v) is 7.59. The van der Waals surface area contributed by atoms with Crippen molar-refractivity contribution in [3.8, 4) is 5.69 Å². The number of nitrogens with zero attached hydrogens (tertiary/aromatic N) is 3. The normalized spacial score (nSPS) is 13.0. The lowest BCUT2D eigenvalue weighted by atomic mass is 10.0. The molecule has 0 bridgehead atoms. The fourth-order valence-electron chi connectivity index (χ4n) is 2.26. The summed E-state index contributed by atoms with van der Waals surface area (Å²) in [6, 6.07) is 10.5. The predicted molar refractivity (Wildman–Crippen MR) is 87.3 cm³/mol. The van der Waals surface area contributed by atoms with E-state index in [-0.39, 0.29) is 6.04 Å². The summed E-state index contributed by atoms with van der Waals surface area (Å²) in [5, 5.41) is 4.43. The number of nitrogens with two attached hydrogens (primary N) is 1. The molecule has 4 nitrogen and oxygen atoms in total. The summed E-state index contributed by atoms with van der Waals surface area (Å²) < 4.78 is 1.92. The molecule has 1 aromatic carbocycles. The average molecular weight is 286 g/mol. The highest BCUT2D eigenvalue weighted by molar-refractivity contribution is 5.30. The van der Waals surface area contributed by atoms with Crippen LogP contribution in [0.4, 0.5) is 0 Å². The van der Waals surface area contributed by atoms with Gasteiger partial charge in [0.05, 0.1) is 11.9 Å². The molecule has 4 heteroatoms. The number of aromatic nitrogens is 2. The van der Waals surface area contributed by atoms with Gasteiger partial charge in [-0.25, -0.2) is 4.68 Å². The van der Waals surface area contributed by atoms with Crippen LogP contribution in [0.2, 0.25) is 0 Å². The fourth-order valence-corrected chi connectivity index (χ4v) is 2.26. The second kappa shape index (κ2) is 7.38. The molecule has 0 aliphatic carbocycles. The molecule has 2 rings (SSSR count). The second-order valence-electron chi connectivity index (χ2n) is 6.06. The van der Waals surface area contributed by atoms with Crippen molar-refractivity contribution in [3.63, 3.8) is 0 Å². The minimum atomic E-state index is 0.277. The SMILES string of the molecule is CC(C)C(N)CCN(C)Cc1cnn(-c2ccccc2)c1. The number of benzene rings is 1. The number of rotatable bonds is 7. The van der Waals surface area contributed by atoms with Gasteiger partial charge in [-0.1, -0.05) is 32.0 Å². The van der Waals surface area contributed by atoms with Crippen molar-refractivity contribution in [2.75, 3.05) is 13.6 Å². The summed E-state index contributed by atoms with van der Waals surface area (Å²) in [4.78, 5) is 2.30. The third-order valence-corrected chi connectivity index (χ3v) is 3.81. The van der Waals surface area contributed by atoms with E-state index >= 15 is 0 Å². The molecule has 1 heterocycles. The summed E-state index contributed by atoms with van der Waals surface area (Å²) in [6.07, 6.45) is 5.06. The molecule has 0 saturated carbocycles. The van der Waals surface area contributed by atoms with Crippen molar-refractivity contribution in [3.05, 3.63) is 48.3 Å². The molecule has 1 unspecified atom stereocenters. The third-order valence-electron chi connectivity index (χ3n) is 3.81. The molecular weight excluding hydrogens is 260 g/mol. The Labute approximate surface area is 127 Å². The molecular formula is C17H26N4. The molecule has 1 aromatic heterocycles. The van der Waals surface area contributed by atoms with E-state index in [0.717, 1.165) is 25.2 Å². The summed E-state index contributed by atoms with van der Waals surface area (Å²) >= 11 is 0. The van der Waals surface area contributed by atoms with E-state index in [1.165, 1.54) is 5.56 Å². The summed E-state index contributed by atoms with van der Waals surface area (Å²) in [5.41, 5.74) is 8.41. The standard InChI is InChI=1S/C17H26N4/c1-14(2)17(18)9-10-20(3)12-15-11-19-21(13-15)16-7-5-4-6-8-16/h4-8,11,13-14,17H,9-10,12,18H2,1-3H3. The zero-order chi connectivity index (χ0) is 15.2. The smallest absolute Gasteiger partial charge is 0.0645 e. The highest BCUT2D eigenvalue weighted by atomic mass is 15.3. The van der Waals surface area contributed by atoms with Crippen LogP contribution < -0.4 is 5.73 Å². The van der Waals surface area contributed by atoms with Crippen molar-refractivity contribution in [2.24, 2.45) is 11.7 Å². The van der Waals surface area contributed by atoms with Crippen LogP contribution in [-0.4, -0.2) is 34.3 Å². The van der Waals surface area contributed by atoms with E-state index in [9.17, 15) is 0 Å². The van der Waals surface area contributed by atoms with Crippen LogP contribution in [0.1, 0.15) is 25.8 Å². The van der Waals surface area contributed by atoms with Gasteiger partial charge in [0.25, 0.3) is 0 Å². The zero-order valence-corrected chi connectivity index (χ0v) is 13.2. The molecule has 114 valence electrons. The molecule has 0 amide bonds. The Morgan fingerprint density at radius 3 is 2.62 bits per heavy atom. The van der Waals surface area contributed by atoms with Crippen molar-refractivity contribution in [2.45, 2.75) is 32.9 Å². The Balaban J connectivity index is 1.88. The van der Waals surface area contributed by atoms with Gasteiger partial charge in [-0.15, -0.1) is 0 Å². The van der Waals surface area contributed by atoms with Crippen LogP contribution in [0.3, 0.4) is 0 Å². The van der Waals surface area contributed by atoms with E-state index in [0.29, 0.717) is 5.92 Å². The number of hydrogen-bond acceptors (Lipinski definition) is 3. The summed E-state index contributed by atoms with van der Waals surface area (Å²) in [7, 11) is 2.13. The van der Waals surface area contributed by atoms with Crippen LogP contribution in [0.25, 0.3) is 5.69 Å². The maximum Gasteiger partial charge on any atom is 0.0645 e. The van der Waals surface area contributed by atoms with Gasteiger partial charge in [-0.2, -0.15) is 5.10 Å². The maximum atomic E-state index is 6.10. The molecule has 0 aliphatic heterocycles. The van der Waals surface area contributed by atoms with E-state index in [4.69, 9.17) is 5.73 Å². The van der Waals surface area contributed by atoms with Crippen molar-refractivity contribution < 1.29 is 0 Å². The maximum absolute atomic E-state index is 6.10. The fraction of sp³-hybridized carbons (Fsp3) is 0.471. The highest BCUT2D eigenvalue weighted by Crippen LogP contribution is 2.10. The Morgan fingerprint density at radius 2 is 1.95 bits per heavy atom. The van der Waals surface area contributed by atoms with Gasteiger partial charge in [0, 0.05) is 24.3 Å². The topological polar surface area (TPSA) is 47.1 Å². The van der Waals surface area contributed by atoms with Gasteiger partial charge in [0.15, 0.2) is 0 Å². The van der Waals surface area contributed by atoms with Gasteiger partial charge < -0.3 is 10.6 Å². The van der Waals surface area contributed by atoms with Crippen molar-refractivity contribution >= 4 is 0 Å². The van der Waals surface area contributed by atoms with Gasteiger partial charge in [-0.05, 0) is 38.1 Å². The molecule has 0 saturated heterocycles. The van der Waals surface area contributed by atoms with Crippen LogP contribution in [-0.2, 0) is 6.54 Å². The average Bonchev–Trinajstić information content (AvgIpc) is 2.94. The first-order chi connectivity index (χ1) is 10.1. The van der Waals surface area contributed by atoms with Gasteiger partial charge >= 0.3 is 0 Å². The molecule has 2 N–H and O–H groups in total. The van der Waals surface area contributed by atoms with Gasteiger partial charge in [-0.3, -0.25) is 0 Å². The van der Waals surface area contributed by atoms with Crippen LogP contribution in [0.15, 0.2) is 42.7 Å². The van der Waals surface area contributed by atoms with Crippen LogP contribution in [0, 0.1) is 5.92 Å². The van der Waals surface area contributed by atoms with E-state index < -0.39 is 0 Å². The highest BCUT2D eigenvalue weighted by Gasteiger charge is 2.10. The largest absolute Gasteiger partial charge is 0.327 e. The lowest BCUT2D eigenvalue weighted by Crippen LogP contribution is -2.31. The molecule has 0 fully saturated rings. The Morgan fingerprint density at radius 1 is 1.24 bits per heavy atom. The van der Waals surface area contributed by atoms with Crippen molar-refractivity contribution in [1.82, 2.24) is 14.7 Å². The van der Waals surface area contributed by atoms with Crippen LogP contribution >= 0.6 is 0 Å². The number of para-hydroxylation sites is 1. The molecule has 2 aromatic rings. The molecule has 0 spiro atoms. The third kappa shape index (κ3) is 4.69. The molecule has 1 atom stereocenters. The molecule has 0 radical (unpaired) electrons. The number of hydrogen-bond donors (Lipinski definition) is 1. The summed E-state index contributed by atoms with van der Waals surface area (Å²) in [6.45, 7) is 6.26. The van der Waals surface area contributed by atoms with Crippen molar-refractivity contribution in [1.29, 1.82) is 0 Å². The molecule has 0 aliphatic rings. The lowest BCUT2D eigenvalue weighted by Gasteiger charge is -2.20. The first kappa shape index (κ1) is 15.7. The minimum absolute atomic E-state index is 0.277. The van der Waals surface area contributed by atoms with Gasteiger partial charge in [0.2, 0.25) is 0 Å². The quantitative estimate of drug-likeness (QED) is 0.851. The monoisotopic (exact) mass is 286 g/mol. The van der Waals surface area contributed by atoms with E-state index in [1.54, 1.807) is 0 Å². The van der Waals surface area contributed by atoms with E-state index in [2.05, 4.69) is 49.2 Å². The Kier molecular flexibility index (Phi) is 5.53. The first-order valence-electron chi connectivity index (χ1n) is 7.59. The predicted octanol–water partition coefficient (Wildman–Crippen LogP) is 2.68.